The van der Waals surface area contributed by atoms with Crippen molar-refractivity contribution in [3.05, 3.63) is 60.9 Å². The maximum Gasteiger partial charge on any atom is 0.161 e. The molecule has 0 N–H and O–H groups in total. The van der Waals surface area contributed by atoms with E-state index in [1.807, 2.05) is 35.0 Å². The maximum atomic E-state index is 5.63. The third kappa shape index (κ3) is 2.79. The Morgan fingerprint density at radius 3 is 2.77 bits per heavy atom. The first-order valence-corrected chi connectivity index (χ1v) is 6.99. The normalized spacial score (nSPS) is 10.6. The number of hydrogen-bond donors (Lipinski definition) is 0. The Labute approximate surface area is 128 Å². The SMILES string of the molecule is C=CCOc1ccnc2c1cnn2Cc1ccc(OC)cc1. The summed E-state index contributed by atoms with van der Waals surface area (Å²) in [7, 11) is 1.66. The zero-order valence-electron chi connectivity index (χ0n) is 12.4. The molecule has 0 saturated carbocycles. The molecule has 0 atom stereocenters. The number of fused-ring (bicyclic) bond motifs is 1. The molecule has 0 aliphatic rings. The van der Waals surface area contributed by atoms with Crippen LogP contribution in [0.1, 0.15) is 5.56 Å². The number of pyridine rings is 1. The smallest absolute Gasteiger partial charge is 0.161 e. The largest absolute Gasteiger partial charge is 0.497 e. The number of nitrogens with zero attached hydrogens (tertiary/aromatic N) is 3. The lowest BCUT2D eigenvalue weighted by Gasteiger charge is -2.06. The summed E-state index contributed by atoms with van der Waals surface area (Å²) in [6, 6.07) is 9.75. The Bertz CT molecular complexity index is 778. The second-order valence-electron chi connectivity index (χ2n) is 4.80. The van der Waals surface area contributed by atoms with Gasteiger partial charge < -0.3 is 9.47 Å². The van der Waals surface area contributed by atoms with Crippen LogP contribution in [0.25, 0.3) is 11.0 Å². The molecule has 0 saturated heterocycles. The van der Waals surface area contributed by atoms with Gasteiger partial charge in [0.15, 0.2) is 5.65 Å². The van der Waals surface area contributed by atoms with E-state index < -0.39 is 0 Å². The minimum absolute atomic E-state index is 0.461. The van der Waals surface area contributed by atoms with Gasteiger partial charge in [-0.3, -0.25) is 0 Å². The van der Waals surface area contributed by atoms with Gasteiger partial charge in [0.25, 0.3) is 0 Å². The number of hydrogen-bond acceptors (Lipinski definition) is 4. The van der Waals surface area contributed by atoms with Crippen molar-refractivity contribution in [3.63, 3.8) is 0 Å². The highest BCUT2D eigenvalue weighted by atomic mass is 16.5. The van der Waals surface area contributed by atoms with Crippen LogP contribution in [0.15, 0.2) is 55.4 Å². The van der Waals surface area contributed by atoms with E-state index in [0.29, 0.717) is 13.2 Å². The topological polar surface area (TPSA) is 49.2 Å². The standard InChI is InChI=1S/C17H17N3O2/c1-3-10-22-16-8-9-18-17-15(16)11-19-20(17)12-13-4-6-14(21-2)7-5-13/h3-9,11H,1,10,12H2,2H3. The molecule has 1 aromatic carbocycles. The molecule has 0 spiro atoms. The van der Waals surface area contributed by atoms with Gasteiger partial charge in [0.1, 0.15) is 18.1 Å². The number of aromatic nitrogens is 3. The number of benzene rings is 1. The zero-order valence-corrected chi connectivity index (χ0v) is 12.4. The summed E-state index contributed by atoms with van der Waals surface area (Å²) in [6.45, 7) is 4.76. The van der Waals surface area contributed by atoms with Gasteiger partial charge in [-0.05, 0) is 23.8 Å². The van der Waals surface area contributed by atoms with Crippen molar-refractivity contribution < 1.29 is 9.47 Å². The van der Waals surface area contributed by atoms with Crippen LogP contribution in [0.2, 0.25) is 0 Å². The maximum absolute atomic E-state index is 5.63. The van der Waals surface area contributed by atoms with E-state index in [1.165, 1.54) is 0 Å². The average Bonchev–Trinajstić information content (AvgIpc) is 2.97. The Hall–Kier alpha value is -2.82. The van der Waals surface area contributed by atoms with Gasteiger partial charge in [-0.25, -0.2) is 9.67 Å². The fraction of sp³-hybridized carbons (Fsp3) is 0.176. The molecule has 0 aliphatic heterocycles. The molecule has 0 fully saturated rings. The Morgan fingerprint density at radius 1 is 1.23 bits per heavy atom. The molecule has 112 valence electrons. The molecule has 2 aromatic heterocycles. The van der Waals surface area contributed by atoms with Crippen LogP contribution < -0.4 is 9.47 Å². The highest BCUT2D eigenvalue weighted by Gasteiger charge is 2.09. The molecule has 0 amide bonds. The lowest BCUT2D eigenvalue weighted by molar-refractivity contribution is 0.367. The lowest BCUT2D eigenvalue weighted by atomic mass is 10.2. The van der Waals surface area contributed by atoms with Gasteiger partial charge in [-0.15, -0.1) is 0 Å². The summed E-state index contributed by atoms with van der Waals surface area (Å²) in [5.74, 6) is 1.61. The molecule has 22 heavy (non-hydrogen) atoms. The van der Waals surface area contributed by atoms with E-state index >= 15 is 0 Å². The Morgan fingerprint density at radius 2 is 2.05 bits per heavy atom. The van der Waals surface area contributed by atoms with E-state index in [2.05, 4.69) is 16.7 Å². The van der Waals surface area contributed by atoms with Crippen LogP contribution in [0.4, 0.5) is 0 Å². The average molecular weight is 295 g/mol. The molecule has 0 aliphatic carbocycles. The van der Waals surface area contributed by atoms with Crippen LogP contribution in [0.3, 0.4) is 0 Å². The fourth-order valence-corrected chi connectivity index (χ4v) is 2.25. The van der Waals surface area contributed by atoms with Gasteiger partial charge in [0.05, 0.1) is 25.2 Å². The second kappa shape index (κ2) is 6.30. The molecule has 0 unspecified atom stereocenters. The molecule has 3 aromatic rings. The highest BCUT2D eigenvalue weighted by Crippen LogP contribution is 2.24. The van der Waals surface area contributed by atoms with Crippen LogP contribution in [0, 0.1) is 0 Å². The zero-order chi connectivity index (χ0) is 15.4. The van der Waals surface area contributed by atoms with E-state index in [4.69, 9.17) is 9.47 Å². The molecule has 0 bridgehead atoms. The first-order valence-electron chi connectivity index (χ1n) is 6.99. The van der Waals surface area contributed by atoms with Crippen LogP contribution in [0.5, 0.6) is 11.5 Å². The molecule has 5 nitrogen and oxygen atoms in total. The van der Waals surface area contributed by atoms with Gasteiger partial charge in [0, 0.05) is 6.20 Å². The summed E-state index contributed by atoms with van der Waals surface area (Å²) >= 11 is 0. The fourth-order valence-electron chi connectivity index (χ4n) is 2.25. The molecule has 2 heterocycles. The third-order valence-electron chi connectivity index (χ3n) is 3.35. The summed E-state index contributed by atoms with van der Waals surface area (Å²) in [5.41, 5.74) is 1.93. The number of ether oxygens (including phenoxy) is 2. The van der Waals surface area contributed by atoms with Crippen molar-refractivity contribution in [3.8, 4) is 11.5 Å². The monoisotopic (exact) mass is 295 g/mol. The van der Waals surface area contributed by atoms with Crippen LogP contribution in [-0.2, 0) is 6.54 Å². The quantitative estimate of drug-likeness (QED) is 0.656. The minimum atomic E-state index is 0.461. The van der Waals surface area contributed by atoms with E-state index in [1.54, 1.807) is 25.6 Å². The van der Waals surface area contributed by atoms with Crippen molar-refractivity contribution in [2.75, 3.05) is 13.7 Å². The second-order valence-corrected chi connectivity index (χ2v) is 4.80. The molecule has 5 heteroatoms. The van der Waals surface area contributed by atoms with E-state index in [9.17, 15) is 0 Å². The highest BCUT2D eigenvalue weighted by molar-refractivity contribution is 5.81. The van der Waals surface area contributed by atoms with Crippen molar-refractivity contribution in [1.82, 2.24) is 14.8 Å². The number of methoxy groups -OCH3 is 1. The Balaban J connectivity index is 1.89. The van der Waals surface area contributed by atoms with Crippen molar-refractivity contribution in [1.29, 1.82) is 0 Å². The van der Waals surface area contributed by atoms with E-state index in [-0.39, 0.29) is 0 Å². The lowest BCUT2D eigenvalue weighted by Crippen LogP contribution is -2.02. The van der Waals surface area contributed by atoms with Crippen molar-refractivity contribution >= 4 is 11.0 Å². The van der Waals surface area contributed by atoms with Crippen LogP contribution in [-0.4, -0.2) is 28.5 Å². The van der Waals surface area contributed by atoms with Gasteiger partial charge >= 0.3 is 0 Å². The van der Waals surface area contributed by atoms with E-state index in [0.717, 1.165) is 28.1 Å². The molecular formula is C17H17N3O2. The number of rotatable bonds is 6. The molecule has 0 radical (unpaired) electrons. The third-order valence-corrected chi connectivity index (χ3v) is 3.35. The van der Waals surface area contributed by atoms with Crippen LogP contribution >= 0.6 is 0 Å². The van der Waals surface area contributed by atoms with Crippen molar-refractivity contribution in [2.24, 2.45) is 0 Å². The minimum Gasteiger partial charge on any atom is -0.497 e. The van der Waals surface area contributed by atoms with Gasteiger partial charge in [-0.2, -0.15) is 5.10 Å². The summed E-state index contributed by atoms with van der Waals surface area (Å²) < 4.78 is 12.7. The van der Waals surface area contributed by atoms with Gasteiger partial charge in [-0.1, -0.05) is 24.8 Å². The first-order chi connectivity index (χ1) is 10.8. The Kier molecular flexibility index (Phi) is 4.05. The summed E-state index contributed by atoms with van der Waals surface area (Å²) in [6.07, 6.45) is 5.23. The van der Waals surface area contributed by atoms with Crippen molar-refractivity contribution in [2.45, 2.75) is 6.54 Å². The molecular weight excluding hydrogens is 278 g/mol. The van der Waals surface area contributed by atoms with Gasteiger partial charge in [0.2, 0.25) is 0 Å². The predicted octanol–water partition coefficient (Wildman–Crippen LogP) is 3.05. The first kappa shape index (κ1) is 14.1. The molecule has 3 rings (SSSR count). The predicted molar refractivity (Wildman–Crippen MR) is 85.3 cm³/mol. The summed E-state index contributed by atoms with van der Waals surface area (Å²) in [5, 5.41) is 5.32. The summed E-state index contributed by atoms with van der Waals surface area (Å²) in [4.78, 5) is 4.41.